The molecule has 6 nitrogen and oxygen atoms in total. The molecule has 0 saturated carbocycles. The van der Waals surface area contributed by atoms with Crippen LogP contribution in [0.2, 0.25) is 0 Å². The molecule has 6 heteroatoms. The van der Waals surface area contributed by atoms with E-state index in [-0.39, 0.29) is 16.7 Å². The molecule has 1 saturated heterocycles. The number of nitro benzene ring substituents is 1. The molecule has 0 N–H and O–H groups in total. The van der Waals surface area contributed by atoms with Crippen LogP contribution in [0.25, 0.3) is 0 Å². The zero-order chi connectivity index (χ0) is 14.8. The Morgan fingerprint density at radius 2 is 2.10 bits per heavy atom. The van der Waals surface area contributed by atoms with Crippen LogP contribution in [-0.2, 0) is 7.05 Å². The van der Waals surface area contributed by atoms with Gasteiger partial charge in [0.2, 0.25) is 0 Å². The minimum atomic E-state index is -0.301. The van der Waals surface area contributed by atoms with Gasteiger partial charge in [-0.05, 0) is 31.4 Å². The number of benzene rings is 1. The van der Waals surface area contributed by atoms with Gasteiger partial charge in [-0.1, -0.05) is 12.1 Å². The Bertz CT molecular complexity index is 653. The first kappa shape index (κ1) is 13.6. The van der Waals surface area contributed by atoms with Crippen molar-refractivity contribution >= 4 is 11.4 Å². The van der Waals surface area contributed by atoms with Gasteiger partial charge in [-0.3, -0.25) is 14.8 Å². The van der Waals surface area contributed by atoms with E-state index in [4.69, 9.17) is 0 Å². The van der Waals surface area contributed by atoms with E-state index in [9.17, 15) is 10.1 Å². The molecule has 2 aromatic rings. The summed E-state index contributed by atoms with van der Waals surface area (Å²) in [4.78, 5) is 13.1. The van der Waals surface area contributed by atoms with Gasteiger partial charge in [0, 0.05) is 25.9 Å². The molecule has 2 heterocycles. The predicted octanol–water partition coefficient (Wildman–Crippen LogP) is 3.06. The van der Waals surface area contributed by atoms with Crippen molar-refractivity contribution in [2.75, 3.05) is 11.4 Å². The number of para-hydroxylation sites is 2. The number of nitrogens with zero attached hydrogens (tertiary/aromatic N) is 4. The quantitative estimate of drug-likeness (QED) is 0.642. The first-order chi connectivity index (χ1) is 10.2. The molecule has 110 valence electrons. The van der Waals surface area contributed by atoms with Gasteiger partial charge >= 0.3 is 0 Å². The van der Waals surface area contributed by atoms with Crippen molar-refractivity contribution in [3.8, 4) is 0 Å². The van der Waals surface area contributed by atoms with E-state index < -0.39 is 0 Å². The Morgan fingerprint density at radius 1 is 1.29 bits per heavy atom. The summed E-state index contributed by atoms with van der Waals surface area (Å²) in [7, 11) is 1.92. The third kappa shape index (κ3) is 2.49. The molecule has 0 bridgehead atoms. The smallest absolute Gasteiger partial charge is 0.292 e. The molecule has 3 rings (SSSR count). The summed E-state index contributed by atoms with van der Waals surface area (Å²) in [5.74, 6) is 0. The number of piperidine rings is 1. The summed E-state index contributed by atoms with van der Waals surface area (Å²) in [6, 6.07) is 9.13. The van der Waals surface area contributed by atoms with Gasteiger partial charge in [-0.2, -0.15) is 5.10 Å². The SMILES string of the molecule is Cn1nccc1C1CCCCN1c1ccccc1[N+](=O)[O-]. The fourth-order valence-corrected chi connectivity index (χ4v) is 3.10. The standard InChI is InChI=1S/C15H18N4O2/c1-17-12(9-10-16-17)13-7-4-5-11-18(13)14-6-2-3-8-15(14)19(20)21/h2-3,6,8-10,13H,4-5,7,11H2,1H3. The topological polar surface area (TPSA) is 64.2 Å². The second kappa shape index (κ2) is 5.55. The normalized spacial score (nSPS) is 18.7. The van der Waals surface area contributed by atoms with Gasteiger partial charge in [0.1, 0.15) is 5.69 Å². The number of hydrogen-bond donors (Lipinski definition) is 0. The zero-order valence-electron chi connectivity index (χ0n) is 12.0. The van der Waals surface area contributed by atoms with Crippen LogP contribution in [0.1, 0.15) is 31.0 Å². The van der Waals surface area contributed by atoms with Crippen LogP contribution < -0.4 is 4.90 Å². The molecule has 1 unspecified atom stereocenters. The summed E-state index contributed by atoms with van der Waals surface area (Å²) in [6.45, 7) is 0.834. The lowest BCUT2D eigenvalue weighted by Crippen LogP contribution is -2.34. The molecule has 1 aliphatic rings. The van der Waals surface area contributed by atoms with Gasteiger partial charge in [0.15, 0.2) is 0 Å². The number of anilines is 1. The molecule has 21 heavy (non-hydrogen) atoms. The van der Waals surface area contributed by atoms with Gasteiger partial charge in [-0.25, -0.2) is 0 Å². The minimum absolute atomic E-state index is 0.146. The fourth-order valence-electron chi connectivity index (χ4n) is 3.10. The van der Waals surface area contributed by atoms with Crippen LogP contribution in [0.4, 0.5) is 11.4 Å². The molecule has 0 aliphatic carbocycles. The van der Waals surface area contributed by atoms with Crippen molar-refractivity contribution in [2.24, 2.45) is 7.05 Å². The summed E-state index contributed by atoms with van der Waals surface area (Å²) in [6.07, 6.45) is 4.96. The highest BCUT2D eigenvalue weighted by Crippen LogP contribution is 2.38. The Labute approximate surface area is 123 Å². The Hall–Kier alpha value is -2.37. The van der Waals surface area contributed by atoms with E-state index in [1.165, 1.54) is 0 Å². The van der Waals surface area contributed by atoms with E-state index in [0.29, 0.717) is 5.69 Å². The number of nitro groups is 1. The summed E-state index contributed by atoms with van der Waals surface area (Å²) >= 11 is 0. The van der Waals surface area contributed by atoms with Crippen molar-refractivity contribution in [3.05, 3.63) is 52.3 Å². The average Bonchev–Trinajstić information content (AvgIpc) is 2.93. The average molecular weight is 286 g/mol. The zero-order valence-corrected chi connectivity index (χ0v) is 12.0. The van der Waals surface area contributed by atoms with E-state index >= 15 is 0 Å². The molecule has 1 fully saturated rings. The van der Waals surface area contributed by atoms with Crippen LogP contribution in [0.5, 0.6) is 0 Å². The second-order valence-corrected chi connectivity index (χ2v) is 5.33. The molecule has 0 radical (unpaired) electrons. The number of hydrogen-bond acceptors (Lipinski definition) is 4. The van der Waals surface area contributed by atoms with Crippen molar-refractivity contribution in [3.63, 3.8) is 0 Å². The lowest BCUT2D eigenvalue weighted by Gasteiger charge is -2.37. The number of aromatic nitrogens is 2. The van der Waals surface area contributed by atoms with E-state index in [2.05, 4.69) is 10.00 Å². The van der Waals surface area contributed by atoms with Gasteiger partial charge in [-0.15, -0.1) is 0 Å². The van der Waals surface area contributed by atoms with Crippen LogP contribution in [-0.4, -0.2) is 21.2 Å². The number of aryl methyl sites for hydroxylation is 1. The van der Waals surface area contributed by atoms with Crippen molar-refractivity contribution in [2.45, 2.75) is 25.3 Å². The van der Waals surface area contributed by atoms with Crippen LogP contribution in [0.3, 0.4) is 0 Å². The number of rotatable bonds is 3. The maximum absolute atomic E-state index is 11.3. The second-order valence-electron chi connectivity index (χ2n) is 5.33. The van der Waals surface area contributed by atoms with E-state index in [1.54, 1.807) is 18.3 Å². The van der Waals surface area contributed by atoms with Crippen LogP contribution in [0, 0.1) is 10.1 Å². The van der Waals surface area contributed by atoms with Crippen molar-refractivity contribution in [1.29, 1.82) is 0 Å². The predicted molar refractivity (Wildman–Crippen MR) is 80.2 cm³/mol. The third-order valence-corrected chi connectivity index (χ3v) is 4.09. The molecule has 1 aromatic carbocycles. The molecule has 0 amide bonds. The molecule has 0 spiro atoms. The first-order valence-electron chi connectivity index (χ1n) is 7.16. The highest BCUT2D eigenvalue weighted by Gasteiger charge is 2.30. The molecule has 1 atom stereocenters. The highest BCUT2D eigenvalue weighted by atomic mass is 16.6. The van der Waals surface area contributed by atoms with E-state index in [1.807, 2.05) is 29.9 Å². The fraction of sp³-hybridized carbons (Fsp3) is 0.400. The van der Waals surface area contributed by atoms with Crippen LogP contribution >= 0.6 is 0 Å². The monoisotopic (exact) mass is 286 g/mol. The van der Waals surface area contributed by atoms with Gasteiger partial charge < -0.3 is 4.90 Å². The first-order valence-corrected chi connectivity index (χ1v) is 7.16. The van der Waals surface area contributed by atoms with E-state index in [0.717, 1.165) is 31.5 Å². The Balaban J connectivity index is 2.03. The molecular weight excluding hydrogens is 268 g/mol. The summed E-state index contributed by atoms with van der Waals surface area (Å²) in [5, 5.41) is 15.5. The maximum atomic E-state index is 11.3. The summed E-state index contributed by atoms with van der Waals surface area (Å²) < 4.78 is 1.86. The largest absolute Gasteiger partial charge is 0.357 e. The van der Waals surface area contributed by atoms with Crippen LogP contribution in [0.15, 0.2) is 36.5 Å². The van der Waals surface area contributed by atoms with Gasteiger partial charge in [0.25, 0.3) is 5.69 Å². The lowest BCUT2D eigenvalue weighted by molar-refractivity contribution is -0.384. The third-order valence-electron chi connectivity index (χ3n) is 4.09. The Kier molecular flexibility index (Phi) is 3.60. The lowest BCUT2D eigenvalue weighted by atomic mass is 9.98. The summed E-state index contributed by atoms with van der Waals surface area (Å²) in [5.41, 5.74) is 1.98. The molecule has 1 aromatic heterocycles. The molecular formula is C15H18N4O2. The van der Waals surface area contributed by atoms with Crippen molar-refractivity contribution < 1.29 is 4.92 Å². The van der Waals surface area contributed by atoms with Gasteiger partial charge in [0.05, 0.1) is 16.7 Å². The maximum Gasteiger partial charge on any atom is 0.292 e. The minimum Gasteiger partial charge on any atom is -0.357 e. The Morgan fingerprint density at radius 3 is 2.81 bits per heavy atom. The molecule has 1 aliphatic heterocycles. The van der Waals surface area contributed by atoms with Crippen molar-refractivity contribution in [1.82, 2.24) is 9.78 Å². The highest BCUT2D eigenvalue weighted by molar-refractivity contribution is 5.64.